The Labute approximate surface area is 104 Å². The third-order valence-corrected chi connectivity index (χ3v) is 3.57. The highest BCUT2D eigenvalue weighted by Gasteiger charge is 2.24. The molecule has 1 aliphatic rings. The van der Waals surface area contributed by atoms with Crippen LogP contribution in [-0.4, -0.2) is 47.8 Å². The fraction of sp³-hybridized carbons (Fsp3) is 0.923. The molecular formula is C13H25NO3. The number of ether oxygens (including phenoxy) is 1. The molecule has 0 amide bonds. The van der Waals surface area contributed by atoms with Crippen LogP contribution in [0.1, 0.15) is 46.0 Å². The fourth-order valence-corrected chi connectivity index (χ4v) is 2.63. The lowest BCUT2D eigenvalue weighted by Crippen LogP contribution is -2.37. The second kappa shape index (κ2) is 7.67. The van der Waals surface area contributed by atoms with Gasteiger partial charge < -0.3 is 14.7 Å². The van der Waals surface area contributed by atoms with Crippen LogP contribution < -0.4 is 0 Å². The zero-order valence-electron chi connectivity index (χ0n) is 11.0. The molecule has 0 radical (unpaired) electrons. The van der Waals surface area contributed by atoms with Crippen LogP contribution in [0.25, 0.3) is 0 Å². The van der Waals surface area contributed by atoms with E-state index in [1.165, 1.54) is 25.7 Å². The van der Waals surface area contributed by atoms with E-state index in [4.69, 9.17) is 9.84 Å². The Morgan fingerprint density at radius 3 is 2.53 bits per heavy atom. The van der Waals surface area contributed by atoms with Gasteiger partial charge in [-0.2, -0.15) is 0 Å². The van der Waals surface area contributed by atoms with Gasteiger partial charge in [-0.3, -0.25) is 0 Å². The summed E-state index contributed by atoms with van der Waals surface area (Å²) in [5.74, 6) is -0.839. The molecule has 0 bridgehead atoms. The number of carbonyl (C=O) groups is 1. The first kappa shape index (κ1) is 14.5. The van der Waals surface area contributed by atoms with Gasteiger partial charge in [0.05, 0.1) is 0 Å². The lowest BCUT2D eigenvalue weighted by atomic mass is 10.1. The number of hydrogen-bond donors (Lipinski definition) is 1. The lowest BCUT2D eigenvalue weighted by molar-refractivity contribution is -0.150. The van der Waals surface area contributed by atoms with Crippen LogP contribution in [0.3, 0.4) is 0 Å². The molecule has 1 N–H and O–H groups in total. The van der Waals surface area contributed by atoms with Crippen molar-refractivity contribution in [3.05, 3.63) is 0 Å². The minimum Gasteiger partial charge on any atom is -0.479 e. The molecule has 1 aliphatic carbocycles. The zero-order chi connectivity index (χ0) is 12.7. The Bertz CT molecular complexity index is 227. The van der Waals surface area contributed by atoms with Gasteiger partial charge in [0.25, 0.3) is 0 Å². The van der Waals surface area contributed by atoms with Gasteiger partial charge >= 0.3 is 5.97 Å². The maximum absolute atomic E-state index is 11.0. The Kier molecular flexibility index (Phi) is 6.52. The molecule has 17 heavy (non-hydrogen) atoms. The van der Waals surface area contributed by atoms with Gasteiger partial charge in [0.2, 0.25) is 0 Å². The van der Waals surface area contributed by atoms with Gasteiger partial charge in [0, 0.05) is 19.2 Å². The summed E-state index contributed by atoms with van der Waals surface area (Å²) < 4.78 is 5.23. The average Bonchev–Trinajstić information content (AvgIpc) is 2.82. The van der Waals surface area contributed by atoms with Crippen molar-refractivity contribution >= 4 is 5.97 Å². The molecule has 0 aromatic rings. The van der Waals surface area contributed by atoms with E-state index in [1.54, 1.807) is 0 Å². The molecular weight excluding hydrogens is 218 g/mol. The summed E-state index contributed by atoms with van der Waals surface area (Å²) >= 11 is 0. The van der Waals surface area contributed by atoms with Crippen LogP contribution in [0.4, 0.5) is 0 Å². The molecule has 1 unspecified atom stereocenters. The van der Waals surface area contributed by atoms with Gasteiger partial charge in [-0.1, -0.05) is 19.8 Å². The number of carboxylic acid groups (broad SMARTS) is 1. The van der Waals surface area contributed by atoms with Crippen LogP contribution in [0.5, 0.6) is 0 Å². The Balaban J connectivity index is 2.36. The van der Waals surface area contributed by atoms with Crippen molar-refractivity contribution in [3.8, 4) is 0 Å². The molecule has 0 aliphatic heterocycles. The summed E-state index contributed by atoms with van der Waals surface area (Å²) in [6, 6.07) is 0.663. The Morgan fingerprint density at radius 1 is 1.41 bits per heavy atom. The lowest BCUT2D eigenvalue weighted by Gasteiger charge is -2.28. The van der Waals surface area contributed by atoms with Crippen molar-refractivity contribution in [1.82, 2.24) is 4.90 Å². The maximum atomic E-state index is 11.0. The van der Waals surface area contributed by atoms with Crippen LogP contribution in [0, 0.1) is 0 Å². The molecule has 100 valence electrons. The van der Waals surface area contributed by atoms with Crippen LogP contribution >= 0.6 is 0 Å². The zero-order valence-corrected chi connectivity index (χ0v) is 11.0. The maximum Gasteiger partial charge on any atom is 0.332 e. The van der Waals surface area contributed by atoms with E-state index in [1.807, 2.05) is 6.92 Å². The molecule has 0 heterocycles. The Morgan fingerprint density at radius 2 is 2.06 bits per heavy atom. The second-order valence-electron chi connectivity index (χ2n) is 4.64. The van der Waals surface area contributed by atoms with Gasteiger partial charge in [0.1, 0.15) is 0 Å². The van der Waals surface area contributed by atoms with Gasteiger partial charge in [-0.25, -0.2) is 4.79 Å². The molecule has 1 saturated carbocycles. The molecule has 0 spiro atoms. The van der Waals surface area contributed by atoms with Crippen molar-refractivity contribution in [1.29, 1.82) is 0 Å². The van der Waals surface area contributed by atoms with Crippen LogP contribution in [0.2, 0.25) is 0 Å². The van der Waals surface area contributed by atoms with Gasteiger partial charge in [-0.15, -0.1) is 0 Å². The first-order valence-corrected chi connectivity index (χ1v) is 6.77. The van der Waals surface area contributed by atoms with Crippen LogP contribution in [0.15, 0.2) is 0 Å². The third-order valence-electron chi connectivity index (χ3n) is 3.57. The highest BCUT2D eigenvalue weighted by molar-refractivity contribution is 5.72. The van der Waals surface area contributed by atoms with Crippen molar-refractivity contribution in [2.45, 2.75) is 58.1 Å². The number of carboxylic acids is 1. The average molecular weight is 243 g/mol. The minimum absolute atomic E-state index is 0.465. The summed E-state index contributed by atoms with van der Waals surface area (Å²) in [5.41, 5.74) is 0. The van der Waals surface area contributed by atoms with E-state index >= 15 is 0 Å². The van der Waals surface area contributed by atoms with Crippen molar-refractivity contribution in [2.24, 2.45) is 0 Å². The SMILES string of the molecule is CCOC(CCN(CC)C1CCCC1)C(=O)O. The van der Waals surface area contributed by atoms with Crippen LogP contribution in [-0.2, 0) is 9.53 Å². The molecule has 4 nitrogen and oxygen atoms in total. The summed E-state index contributed by atoms with van der Waals surface area (Å²) in [6.07, 6.45) is 5.10. The highest BCUT2D eigenvalue weighted by Crippen LogP contribution is 2.23. The molecule has 4 heteroatoms. The summed E-state index contributed by atoms with van der Waals surface area (Å²) in [4.78, 5) is 13.4. The monoisotopic (exact) mass is 243 g/mol. The van der Waals surface area contributed by atoms with Crippen molar-refractivity contribution in [2.75, 3.05) is 19.7 Å². The van der Waals surface area contributed by atoms with E-state index in [-0.39, 0.29) is 0 Å². The van der Waals surface area contributed by atoms with E-state index in [9.17, 15) is 4.79 Å². The van der Waals surface area contributed by atoms with E-state index in [0.717, 1.165) is 13.1 Å². The normalized spacial score (nSPS) is 18.8. The number of rotatable bonds is 8. The third kappa shape index (κ3) is 4.64. The smallest absolute Gasteiger partial charge is 0.332 e. The van der Waals surface area contributed by atoms with Gasteiger partial charge in [-0.05, 0) is 32.7 Å². The van der Waals surface area contributed by atoms with E-state index in [0.29, 0.717) is 19.1 Å². The molecule has 1 fully saturated rings. The predicted molar refractivity (Wildman–Crippen MR) is 67.2 cm³/mol. The van der Waals surface area contributed by atoms with E-state index in [2.05, 4.69) is 11.8 Å². The quantitative estimate of drug-likeness (QED) is 0.709. The molecule has 0 saturated heterocycles. The predicted octanol–water partition coefficient (Wildman–Crippen LogP) is 2.13. The molecule has 0 aromatic heterocycles. The largest absolute Gasteiger partial charge is 0.479 e. The standard InChI is InChI=1S/C13H25NO3/c1-3-14(11-7-5-6-8-11)10-9-12(13(15)16)17-4-2/h11-12H,3-10H2,1-2H3,(H,15,16). The molecule has 1 atom stereocenters. The summed E-state index contributed by atoms with van der Waals surface area (Å²) in [7, 11) is 0. The van der Waals surface area contributed by atoms with Crippen molar-refractivity contribution in [3.63, 3.8) is 0 Å². The Hall–Kier alpha value is -0.610. The number of hydrogen-bond acceptors (Lipinski definition) is 3. The summed E-state index contributed by atoms with van der Waals surface area (Å²) in [6.45, 7) is 6.28. The first-order valence-electron chi connectivity index (χ1n) is 6.77. The minimum atomic E-state index is -0.839. The molecule has 0 aromatic carbocycles. The summed E-state index contributed by atoms with van der Waals surface area (Å²) in [5, 5.41) is 9.01. The van der Waals surface area contributed by atoms with Crippen molar-refractivity contribution < 1.29 is 14.6 Å². The first-order chi connectivity index (χ1) is 8.19. The number of aliphatic carboxylic acids is 1. The van der Waals surface area contributed by atoms with E-state index < -0.39 is 12.1 Å². The fourth-order valence-electron chi connectivity index (χ4n) is 2.63. The van der Waals surface area contributed by atoms with Gasteiger partial charge in [0.15, 0.2) is 6.10 Å². The molecule has 1 rings (SSSR count). The number of nitrogens with zero attached hydrogens (tertiary/aromatic N) is 1. The second-order valence-corrected chi connectivity index (χ2v) is 4.64. The highest BCUT2D eigenvalue weighted by atomic mass is 16.5. The topological polar surface area (TPSA) is 49.8 Å².